The number of nitrogens with one attached hydrogen (secondary N) is 2. The molecule has 1 aromatic rings. The maximum absolute atomic E-state index is 11.5. The zero-order valence-electron chi connectivity index (χ0n) is 14.1. The minimum Gasteiger partial charge on any atom is -0.444 e. The van der Waals surface area contributed by atoms with Gasteiger partial charge in [0.25, 0.3) is 0 Å². The van der Waals surface area contributed by atoms with Gasteiger partial charge in [0.15, 0.2) is 0 Å². The average molecular weight is 304 g/mol. The van der Waals surface area contributed by atoms with Crippen molar-refractivity contribution in [1.82, 2.24) is 10.6 Å². The maximum atomic E-state index is 11.5. The Hall–Kier alpha value is -1.55. The lowest BCUT2D eigenvalue weighted by Crippen LogP contribution is -2.44. The summed E-state index contributed by atoms with van der Waals surface area (Å²) in [4.78, 5) is 11.5. The number of hydrogen-bond acceptors (Lipinski definition) is 3. The third-order valence-electron chi connectivity index (χ3n) is 3.99. The number of alkyl carbamates (subject to hydrolysis) is 1. The smallest absolute Gasteiger partial charge is 0.407 e. The number of ether oxygens (including phenoxy) is 1. The minimum absolute atomic E-state index is 0.347. The van der Waals surface area contributed by atoms with Crippen LogP contribution in [0.5, 0.6) is 0 Å². The standard InChI is InChI=1S/C18H28N2O2/c1-13-7-5-6-8-16(13)14-11-15(12-14)19-9-10-20-17(21)22-18(2,3)4/h5-8,14-15,19H,9-12H2,1-4H3,(H,20,21). The molecule has 0 radical (unpaired) electrons. The Bertz CT molecular complexity index is 502. The highest BCUT2D eigenvalue weighted by atomic mass is 16.6. The molecule has 4 heteroatoms. The lowest BCUT2D eigenvalue weighted by atomic mass is 9.74. The van der Waals surface area contributed by atoms with Crippen molar-refractivity contribution in [2.24, 2.45) is 0 Å². The molecule has 22 heavy (non-hydrogen) atoms. The lowest BCUT2D eigenvalue weighted by Gasteiger charge is -2.37. The Morgan fingerprint density at radius 1 is 1.23 bits per heavy atom. The molecule has 0 atom stereocenters. The summed E-state index contributed by atoms with van der Waals surface area (Å²) in [6, 6.07) is 9.19. The van der Waals surface area contributed by atoms with Gasteiger partial charge in [-0.25, -0.2) is 4.79 Å². The van der Waals surface area contributed by atoms with Crippen molar-refractivity contribution >= 4 is 6.09 Å². The van der Waals surface area contributed by atoms with Crippen molar-refractivity contribution in [2.45, 2.75) is 58.1 Å². The van der Waals surface area contributed by atoms with Crippen LogP contribution in [-0.4, -0.2) is 30.8 Å². The van der Waals surface area contributed by atoms with Crippen LogP contribution >= 0.6 is 0 Å². The predicted molar refractivity (Wildman–Crippen MR) is 89.2 cm³/mol. The molecule has 1 aliphatic rings. The fourth-order valence-electron chi connectivity index (χ4n) is 2.84. The topological polar surface area (TPSA) is 50.4 Å². The fourth-order valence-corrected chi connectivity index (χ4v) is 2.84. The fraction of sp³-hybridized carbons (Fsp3) is 0.611. The molecule has 1 saturated carbocycles. The molecule has 4 nitrogen and oxygen atoms in total. The molecule has 0 spiro atoms. The number of aryl methyl sites for hydroxylation is 1. The van der Waals surface area contributed by atoms with E-state index in [9.17, 15) is 4.79 Å². The summed E-state index contributed by atoms with van der Waals surface area (Å²) in [6.07, 6.45) is 2.01. The Kier molecular flexibility index (Phi) is 5.46. The molecule has 0 heterocycles. The summed E-state index contributed by atoms with van der Waals surface area (Å²) in [5.74, 6) is 0.678. The quantitative estimate of drug-likeness (QED) is 0.820. The first-order valence-corrected chi connectivity index (χ1v) is 8.11. The van der Waals surface area contributed by atoms with Crippen LogP contribution in [0.4, 0.5) is 4.79 Å². The molecule has 0 aliphatic heterocycles. The monoisotopic (exact) mass is 304 g/mol. The number of carbonyl (C=O) groups excluding carboxylic acids is 1. The first-order valence-electron chi connectivity index (χ1n) is 8.11. The van der Waals surface area contributed by atoms with E-state index >= 15 is 0 Å². The highest BCUT2D eigenvalue weighted by molar-refractivity contribution is 5.67. The van der Waals surface area contributed by atoms with Gasteiger partial charge in [-0.2, -0.15) is 0 Å². The van der Waals surface area contributed by atoms with E-state index in [1.807, 2.05) is 20.8 Å². The second-order valence-electron chi connectivity index (χ2n) is 7.10. The summed E-state index contributed by atoms with van der Waals surface area (Å²) in [5.41, 5.74) is 2.43. The van der Waals surface area contributed by atoms with Crippen LogP contribution in [0.3, 0.4) is 0 Å². The SMILES string of the molecule is Cc1ccccc1C1CC(NCCNC(=O)OC(C)(C)C)C1. The van der Waals surface area contributed by atoms with Crippen molar-refractivity contribution < 1.29 is 9.53 Å². The van der Waals surface area contributed by atoms with Crippen LogP contribution in [0, 0.1) is 6.92 Å². The summed E-state index contributed by atoms with van der Waals surface area (Å²) in [7, 11) is 0. The molecule has 0 bridgehead atoms. The highest BCUT2D eigenvalue weighted by Gasteiger charge is 2.30. The van der Waals surface area contributed by atoms with Gasteiger partial charge in [0.1, 0.15) is 5.60 Å². The van der Waals surface area contributed by atoms with Gasteiger partial charge in [-0.05, 0) is 57.6 Å². The van der Waals surface area contributed by atoms with E-state index in [4.69, 9.17) is 4.74 Å². The van der Waals surface area contributed by atoms with Crippen LogP contribution < -0.4 is 10.6 Å². The normalized spacial score (nSPS) is 21.1. The van der Waals surface area contributed by atoms with Crippen molar-refractivity contribution in [3.05, 3.63) is 35.4 Å². The number of benzene rings is 1. The van der Waals surface area contributed by atoms with E-state index in [2.05, 4.69) is 41.8 Å². The zero-order chi connectivity index (χ0) is 16.2. The molecule has 2 rings (SSSR count). The third kappa shape index (κ3) is 5.02. The largest absolute Gasteiger partial charge is 0.444 e. The van der Waals surface area contributed by atoms with E-state index in [1.54, 1.807) is 0 Å². The summed E-state index contributed by atoms with van der Waals surface area (Å²) in [5, 5.41) is 6.26. The Morgan fingerprint density at radius 2 is 1.91 bits per heavy atom. The van der Waals surface area contributed by atoms with Crippen LogP contribution in [0.25, 0.3) is 0 Å². The van der Waals surface area contributed by atoms with E-state index < -0.39 is 5.60 Å². The number of hydrogen-bond donors (Lipinski definition) is 2. The lowest BCUT2D eigenvalue weighted by molar-refractivity contribution is 0.0527. The van der Waals surface area contributed by atoms with Gasteiger partial charge in [-0.15, -0.1) is 0 Å². The van der Waals surface area contributed by atoms with Crippen molar-refractivity contribution in [2.75, 3.05) is 13.1 Å². The van der Waals surface area contributed by atoms with Crippen LogP contribution in [-0.2, 0) is 4.74 Å². The molecule has 1 aromatic carbocycles. The molecule has 1 fully saturated rings. The van der Waals surface area contributed by atoms with Crippen molar-refractivity contribution in [3.63, 3.8) is 0 Å². The Labute approximate surface area is 133 Å². The van der Waals surface area contributed by atoms with E-state index in [1.165, 1.54) is 24.0 Å². The maximum Gasteiger partial charge on any atom is 0.407 e. The van der Waals surface area contributed by atoms with Gasteiger partial charge >= 0.3 is 6.09 Å². The van der Waals surface area contributed by atoms with Crippen LogP contribution in [0.2, 0.25) is 0 Å². The molecular formula is C18H28N2O2. The molecule has 2 N–H and O–H groups in total. The summed E-state index contributed by atoms with van der Waals surface area (Å²) >= 11 is 0. The molecule has 0 saturated heterocycles. The first kappa shape index (κ1) is 16.8. The second-order valence-corrected chi connectivity index (χ2v) is 7.10. The molecular weight excluding hydrogens is 276 g/mol. The van der Waals surface area contributed by atoms with Gasteiger partial charge in [-0.3, -0.25) is 0 Å². The van der Waals surface area contributed by atoms with Crippen LogP contribution in [0.15, 0.2) is 24.3 Å². The molecule has 0 aromatic heterocycles. The molecule has 0 unspecified atom stereocenters. The number of amides is 1. The summed E-state index contributed by atoms with van der Waals surface area (Å²) in [6.45, 7) is 9.16. The summed E-state index contributed by atoms with van der Waals surface area (Å²) < 4.78 is 5.20. The average Bonchev–Trinajstić information content (AvgIpc) is 2.36. The first-order chi connectivity index (χ1) is 10.3. The van der Waals surface area contributed by atoms with Gasteiger partial charge in [-0.1, -0.05) is 24.3 Å². The Balaban J connectivity index is 1.59. The van der Waals surface area contributed by atoms with Gasteiger partial charge < -0.3 is 15.4 Å². The van der Waals surface area contributed by atoms with Crippen molar-refractivity contribution in [1.29, 1.82) is 0 Å². The van der Waals surface area contributed by atoms with E-state index in [0.717, 1.165) is 6.54 Å². The molecule has 1 aliphatic carbocycles. The van der Waals surface area contributed by atoms with Gasteiger partial charge in [0.05, 0.1) is 0 Å². The number of carbonyl (C=O) groups is 1. The minimum atomic E-state index is -0.438. The second kappa shape index (κ2) is 7.14. The molecule has 122 valence electrons. The zero-order valence-corrected chi connectivity index (χ0v) is 14.1. The number of rotatable bonds is 5. The van der Waals surface area contributed by atoms with E-state index in [-0.39, 0.29) is 6.09 Å². The predicted octanol–water partition coefficient (Wildman–Crippen LogP) is 3.36. The van der Waals surface area contributed by atoms with Crippen molar-refractivity contribution in [3.8, 4) is 0 Å². The highest BCUT2D eigenvalue weighted by Crippen LogP contribution is 2.38. The molecule has 1 amide bonds. The van der Waals surface area contributed by atoms with Gasteiger partial charge in [0, 0.05) is 19.1 Å². The third-order valence-corrected chi connectivity index (χ3v) is 3.99. The van der Waals surface area contributed by atoms with Gasteiger partial charge in [0.2, 0.25) is 0 Å². The van der Waals surface area contributed by atoms with Crippen LogP contribution in [0.1, 0.15) is 50.7 Å². The van der Waals surface area contributed by atoms with E-state index in [0.29, 0.717) is 18.5 Å². The Morgan fingerprint density at radius 3 is 2.55 bits per heavy atom.